The van der Waals surface area contributed by atoms with Crippen LogP contribution < -0.4 is 0 Å². The average Bonchev–Trinajstić information content (AvgIpc) is 2.38. The van der Waals surface area contributed by atoms with Crippen LogP contribution in [0.15, 0.2) is 12.1 Å². The molecule has 0 saturated heterocycles. The van der Waals surface area contributed by atoms with Gasteiger partial charge in [-0.3, -0.25) is 0 Å². The normalized spacial score (nSPS) is 11.0. The molecule has 0 saturated carbocycles. The van der Waals surface area contributed by atoms with Gasteiger partial charge in [0.25, 0.3) is 0 Å². The highest BCUT2D eigenvalue weighted by atomic mass is 35.5. The predicted molar refractivity (Wildman–Crippen MR) is 92.0 cm³/mol. The van der Waals surface area contributed by atoms with E-state index >= 15 is 0 Å². The summed E-state index contributed by atoms with van der Waals surface area (Å²) in [6, 6.07) is 2.87. The molecule has 0 fully saturated rings. The van der Waals surface area contributed by atoms with E-state index in [1.807, 2.05) is 0 Å². The minimum atomic E-state index is 0.117. The highest BCUT2D eigenvalue weighted by Crippen LogP contribution is 2.50. The zero-order valence-corrected chi connectivity index (χ0v) is 15.2. The maximum Gasteiger partial charge on any atom is 0.0785 e. The third-order valence-electron chi connectivity index (χ3n) is 2.48. The molecule has 0 aliphatic rings. The summed E-state index contributed by atoms with van der Waals surface area (Å²) >= 11 is 48.6. The van der Waals surface area contributed by atoms with Crippen LogP contribution in [0.1, 0.15) is 0 Å². The Morgan fingerprint density at radius 3 is 1.30 bits per heavy atom. The maximum atomic E-state index is 6.18. The van der Waals surface area contributed by atoms with Crippen LogP contribution in [-0.4, -0.2) is 0 Å². The summed E-state index contributed by atoms with van der Waals surface area (Å²) in [6.45, 7) is 0. The van der Waals surface area contributed by atoms with Gasteiger partial charge >= 0.3 is 0 Å². The molecule has 0 heterocycles. The Labute approximate surface area is 155 Å². The quantitative estimate of drug-likeness (QED) is 0.314. The van der Waals surface area contributed by atoms with Crippen LogP contribution in [-0.2, 0) is 0 Å². The molecule has 0 aliphatic heterocycles. The van der Waals surface area contributed by atoms with Crippen LogP contribution in [0, 0.1) is 0 Å². The number of rotatable bonds is 1. The lowest BCUT2D eigenvalue weighted by Gasteiger charge is -2.15. The van der Waals surface area contributed by atoms with Gasteiger partial charge in [0.2, 0.25) is 0 Å². The van der Waals surface area contributed by atoms with E-state index in [2.05, 4.69) is 0 Å². The largest absolute Gasteiger partial charge is 0.0835 e. The van der Waals surface area contributed by atoms with Gasteiger partial charge in [0.1, 0.15) is 0 Å². The molecule has 0 aromatic heterocycles. The third-order valence-corrected chi connectivity index (χ3v) is 5.61. The van der Waals surface area contributed by atoms with E-state index in [0.29, 0.717) is 11.1 Å². The van der Waals surface area contributed by atoms with Crippen molar-refractivity contribution in [3.8, 4) is 11.1 Å². The van der Waals surface area contributed by atoms with Crippen molar-refractivity contribution >= 4 is 92.8 Å². The van der Waals surface area contributed by atoms with Gasteiger partial charge in [-0.2, -0.15) is 0 Å². The molecule has 0 N–H and O–H groups in total. The van der Waals surface area contributed by atoms with E-state index < -0.39 is 0 Å². The van der Waals surface area contributed by atoms with Gasteiger partial charge in [-0.1, -0.05) is 92.8 Å². The summed E-state index contributed by atoms with van der Waals surface area (Å²) in [5, 5.41) is 1.47. The smallest absolute Gasteiger partial charge is 0.0785 e. The van der Waals surface area contributed by atoms with Crippen molar-refractivity contribution in [1.82, 2.24) is 0 Å². The van der Waals surface area contributed by atoms with E-state index in [9.17, 15) is 0 Å². The minimum Gasteiger partial charge on any atom is -0.0835 e. The molecule has 2 rings (SSSR count). The second kappa shape index (κ2) is 6.48. The maximum absolute atomic E-state index is 6.18. The van der Waals surface area contributed by atoms with E-state index in [1.165, 1.54) is 12.1 Å². The van der Waals surface area contributed by atoms with Crippen molar-refractivity contribution in [3.63, 3.8) is 0 Å². The molecule has 2 aromatic carbocycles. The Morgan fingerprint density at radius 1 is 0.400 bits per heavy atom. The molecule has 0 radical (unpaired) electrons. The van der Waals surface area contributed by atoms with E-state index in [-0.39, 0.29) is 40.2 Å². The summed E-state index contributed by atoms with van der Waals surface area (Å²) in [6.07, 6.45) is 0. The lowest BCUT2D eigenvalue weighted by Crippen LogP contribution is -1.89. The van der Waals surface area contributed by atoms with Gasteiger partial charge in [-0.15, -0.1) is 0 Å². The van der Waals surface area contributed by atoms with E-state index in [0.717, 1.165) is 0 Å². The molecule has 8 heteroatoms. The Morgan fingerprint density at radius 2 is 0.800 bits per heavy atom. The van der Waals surface area contributed by atoms with Gasteiger partial charge in [0.05, 0.1) is 40.2 Å². The second-order valence-corrected chi connectivity index (χ2v) is 6.83. The van der Waals surface area contributed by atoms with Crippen molar-refractivity contribution < 1.29 is 0 Å². The fourth-order valence-corrected chi connectivity index (χ4v) is 3.69. The Bertz CT molecular complexity index is 681. The van der Waals surface area contributed by atoms with Crippen molar-refractivity contribution in [1.29, 1.82) is 0 Å². The zero-order valence-electron chi connectivity index (χ0n) is 9.18. The standard InChI is InChI=1S/C12H2Cl8/c13-3-1-6(16)11(19)12(20)7(3)8-9(17)4(14)2-5(15)10(8)18/h1-2H. The van der Waals surface area contributed by atoms with Gasteiger partial charge in [-0.05, 0) is 12.1 Å². The molecule has 0 unspecified atom stereocenters. The Balaban J connectivity index is 2.93. The molecule has 2 aromatic rings. The molecule has 0 bridgehead atoms. The lowest BCUT2D eigenvalue weighted by atomic mass is 10.1. The topological polar surface area (TPSA) is 0 Å². The molecule has 0 spiro atoms. The first-order valence-corrected chi connectivity index (χ1v) is 7.94. The minimum absolute atomic E-state index is 0.117. The summed E-state index contributed by atoms with van der Waals surface area (Å²) in [4.78, 5) is 0. The van der Waals surface area contributed by atoms with E-state index in [1.54, 1.807) is 0 Å². The van der Waals surface area contributed by atoms with Gasteiger partial charge in [-0.25, -0.2) is 0 Å². The van der Waals surface area contributed by atoms with Crippen LogP contribution in [0.3, 0.4) is 0 Å². The second-order valence-electron chi connectivity index (χ2n) is 3.69. The molecule has 0 aliphatic carbocycles. The van der Waals surface area contributed by atoms with Crippen LogP contribution in [0.5, 0.6) is 0 Å². The van der Waals surface area contributed by atoms with Crippen LogP contribution >= 0.6 is 92.8 Å². The fraction of sp³-hybridized carbons (Fsp3) is 0. The third kappa shape index (κ3) is 2.95. The molecule has 106 valence electrons. The highest BCUT2D eigenvalue weighted by molar-refractivity contribution is 6.54. The van der Waals surface area contributed by atoms with Crippen LogP contribution in [0.4, 0.5) is 0 Å². The SMILES string of the molecule is Clc1cc(Cl)c(-c2c(Cl)c(Cl)cc(Cl)c2Cl)c(Cl)c1Cl. The monoisotopic (exact) mass is 426 g/mol. The Hall–Kier alpha value is 0.760. The van der Waals surface area contributed by atoms with Crippen molar-refractivity contribution in [2.45, 2.75) is 0 Å². The van der Waals surface area contributed by atoms with Crippen molar-refractivity contribution in [3.05, 3.63) is 52.3 Å². The molecule has 20 heavy (non-hydrogen) atoms. The molecule has 0 nitrogen and oxygen atoms in total. The molecular weight excluding hydrogens is 428 g/mol. The first-order valence-electron chi connectivity index (χ1n) is 4.92. The number of hydrogen-bond acceptors (Lipinski definition) is 0. The van der Waals surface area contributed by atoms with Crippen molar-refractivity contribution in [2.24, 2.45) is 0 Å². The number of hydrogen-bond donors (Lipinski definition) is 0. The van der Waals surface area contributed by atoms with E-state index in [4.69, 9.17) is 92.8 Å². The Kier molecular flexibility index (Phi) is 5.55. The molecule has 0 amide bonds. The first kappa shape index (κ1) is 17.1. The fourth-order valence-electron chi connectivity index (χ4n) is 1.59. The summed E-state index contributed by atoms with van der Waals surface area (Å²) in [5.41, 5.74) is 0.626. The molecular formula is C12H2Cl8. The van der Waals surface area contributed by atoms with Crippen LogP contribution in [0.2, 0.25) is 40.2 Å². The van der Waals surface area contributed by atoms with Gasteiger partial charge < -0.3 is 0 Å². The summed E-state index contributed by atoms with van der Waals surface area (Å²) in [5.74, 6) is 0. The number of benzene rings is 2. The zero-order chi connectivity index (χ0) is 15.2. The van der Waals surface area contributed by atoms with Crippen LogP contribution in [0.25, 0.3) is 11.1 Å². The molecule has 0 atom stereocenters. The van der Waals surface area contributed by atoms with Gasteiger partial charge in [0, 0.05) is 11.1 Å². The highest BCUT2D eigenvalue weighted by Gasteiger charge is 2.23. The van der Waals surface area contributed by atoms with Crippen molar-refractivity contribution in [2.75, 3.05) is 0 Å². The number of halogens is 8. The summed E-state index contributed by atoms with van der Waals surface area (Å²) < 4.78 is 0. The lowest BCUT2D eigenvalue weighted by molar-refractivity contribution is 1.61. The predicted octanol–water partition coefficient (Wildman–Crippen LogP) is 8.58. The summed E-state index contributed by atoms with van der Waals surface area (Å²) in [7, 11) is 0. The van der Waals surface area contributed by atoms with Gasteiger partial charge in [0.15, 0.2) is 0 Å². The first-order chi connectivity index (χ1) is 9.25. The average molecular weight is 430 g/mol.